The number of carbonyl (C=O) groups excluding carboxylic acids is 3. The minimum atomic E-state index is -0.579. The van der Waals surface area contributed by atoms with Crippen molar-refractivity contribution in [1.82, 2.24) is 15.5 Å². The molecule has 3 atom stereocenters. The van der Waals surface area contributed by atoms with E-state index >= 15 is 0 Å². The first-order valence-corrected chi connectivity index (χ1v) is 13.2. The topological polar surface area (TPSA) is 138 Å². The van der Waals surface area contributed by atoms with Gasteiger partial charge < -0.3 is 26.0 Å². The van der Waals surface area contributed by atoms with E-state index in [1.54, 1.807) is 35.2 Å². The molecular formula is C28H29N5O4S. The molecule has 10 heteroatoms. The van der Waals surface area contributed by atoms with Gasteiger partial charge in [-0.3, -0.25) is 19.8 Å². The molecule has 0 spiro atoms. The molecule has 3 aromatic rings. The Balaban J connectivity index is 1.16. The van der Waals surface area contributed by atoms with Crippen LogP contribution in [0.3, 0.4) is 0 Å². The first kappa shape index (κ1) is 25.5. The summed E-state index contributed by atoms with van der Waals surface area (Å²) in [6, 6.07) is 19.0. The molecule has 1 saturated carbocycles. The second-order valence-corrected chi connectivity index (χ2v) is 11.1. The minimum Gasteiger partial charge on any atom is -0.457 e. The van der Waals surface area contributed by atoms with Crippen LogP contribution in [-0.4, -0.2) is 47.1 Å². The van der Waals surface area contributed by atoms with Gasteiger partial charge in [0.25, 0.3) is 5.91 Å². The monoisotopic (exact) mass is 531 g/mol. The molecule has 38 heavy (non-hydrogen) atoms. The number of amidine groups is 1. The fourth-order valence-electron chi connectivity index (χ4n) is 4.92. The van der Waals surface area contributed by atoms with Crippen LogP contribution in [0.5, 0.6) is 11.5 Å². The number of carbonyl (C=O) groups is 3. The average Bonchev–Trinajstić information content (AvgIpc) is 3.23. The summed E-state index contributed by atoms with van der Waals surface area (Å²) < 4.78 is 5.75. The summed E-state index contributed by atoms with van der Waals surface area (Å²) in [6.45, 7) is 2.20. The van der Waals surface area contributed by atoms with Gasteiger partial charge in [0.15, 0.2) is 0 Å². The average molecular weight is 532 g/mol. The number of para-hydroxylation sites is 1. The van der Waals surface area contributed by atoms with Gasteiger partial charge in [0.1, 0.15) is 23.4 Å². The molecule has 2 fully saturated rings. The molecule has 0 radical (unpaired) electrons. The summed E-state index contributed by atoms with van der Waals surface area (Å²) >= 11 is 1.35. The molecule has 0 bridgehead atoms. The Morgan fingerprint density at radius 1 is 1.03 bits per heavy atom. The number of hydrogen-bond acceptors (Lipinski definition) is 6. The van der Waals surface area contributed by atoms with Gasteiger partial charge in [-0.15, -0.1) is 11.3 Å². The third kappa shape index (κ3) is 5.40. The van der Waals surface area contributed by atoms with Crippen molar-refractivity contribution in [1.29, 1.82) is 5.41 Å². The Morgan fingerprint density at radius 3 is 2.42 bits per heavy atom. The maximum Gasteiger partial charge on any atom is 0.251 e. The van der Waals surface area contributed by atoms with Crippen LogP contribution in [0, 0.1) is 10.8 Å². The Morgan fingerprint density at radius 2 is 1.74 bits per heavy atom. The molecule has 196 valence electrons. The van der Waals surface area contributed by atoms with E-state index in [4.69, 9.17) is 15.9 Å². The Bertz CT molecular complexity index is 1370. The van der Waals surface area contributed by atoms with E-state index in [0.717, 1.165) is 11.3 Å². The predicted molar refractivity (Wildman–Crippen MR) is 144 cm³/mol. The van der Waals surface area contributed by atoms with Gasteiger partial charge in [-0.25, -0.2) is 0 Å². The van der Waals surface area contributed by atoms with E-state index in [2.05, 4.69) is 17.6 Å². The number of fused-ring (bicyclic) bond motifs is 1. The van der Waals surface area contributed by atoms with Gasteiger partial charge >= 0.3 is 0 Å². The molecule has 2 heterocycles. The number of rotatable bonds is 9. The number of likely N-dealkylation sites (tertiary alicyclic amines) is 1. The standard InChI is InChI=1S/C28H29N5O4S/c1-28-13-21(27(36)31-15-20-11-12-22(38-20)25(29)30)33(23(28)14-28)24(34)16-32-26(35)17-7-9-19(10-8-17)37-18-5-3-2-4-6-18/h2-12,21,23H,13-16H2,1H3,(H3,29,30)(H,31,36)(H,32,35)/t21-,23-,28+/m0/s1. The van der Waals surface area contributed by atoms with E-state index in [1.165, 1.54) is 11.3 Å². The number of benzene rings is 2. The van der Waals surface area contributed by atoms with Gasteiger partial charge in [-0.1, -0.05) is 25.1 Å². The summed E-state index contributed by atoms with van der Waals surface area (Å²) in [7, 11) is 0. The fourth-order valence-corrected chi connectivity index (χ4v) is 5.73. The largest absolute Gasteiger partial charge is 0.457 e. The summed E-state index contributed by atoms with van der Waals surface area (Å²) in [6.07, 6.45) is 1.45. The highest BCUT2D eigenvalue weighted by Crippen LogP contribution is 2.59. The molecule has 1 aromatic heterocycles. The number of nitrogens with zero attached hydrogens (tertiary/aromatic N) is 1. The third-order valence-corrected chi connectivity index (χ3v) is 8.20. The van der Waals surface area contributed by atoms with Crippen molar-refractivity contribution >= 4 is 34.9 Å². The van der Waals surface area contributed by atoms with Gasteiger partial charge in [0.2, 0.25) is 11.8 Å². The first-order valence-electron chi connectivity index (χ1n) is 12.4. The highest BCUT2D eigenvalue weighted by molar-refractivity contribution is 7.14. The predicted octanol–water partition coefficient (Wildman–Crippen LogP) is 3.25. The van der Waals surface area contributed by atoms with Crippen LogP contribution in [-0.2, 0) is 16.1 Å². The molecule has 5 N–H and O–H groups in total. The number of thiophene rings is 1. The summed E-state index contributed by atoms with van der Waals surface area (Å²) in [5.74, 6) is 0.424. The zero-order valence-corrected chi connectivity index (χ0v) is 21.7. The lowest BCUT2D eigenvalue weighted by atomic mass is 10.0. The molecule has 1 aliphatic carbocycles. The van der Waals surface area contributed by atoms with Crippen molar-refractivity contribution in [3.8, 4) is 11.5 Å². The van der Waals surface area contributed by atoms with Crippen LogP contribution < -0.4 is 21.1 Å². The molecule has 1 saturated heterocycles. The molecule has 5 rings (SSSR count). The van der Waals surface area contributed by atoms with Gasteiger partial charge in [-0.05, 0) is 66.8 Å². The molecule has 2 aliphatic rings. The van der Waals surface area contributed by atoms with Gasteiger partial charge in [0.05, 0.1) is 18.0 Å². The molecule has 1 aliphatic heterocycles. The Labute approximate surface area is 224 Å². The van der Waals surface area contributed by atoms with Crippen LogP contribution in [0.1, 0.15) is 39.9 Å². The summed E-state index contributed by atoms with van der Waals surface area (Å²) in [4.78, 5) is 42.1. The van der Waals surface area contributed by atoms with Crippen LogP contribution in [0.25, 0.3) is 0 Å². The normalized spacial score (nSPS) is 21.3. The number of nitrogens with two attached hydrogens (primary N) is 1. The maximum absolute atomic E-state index is 13.2. The highest BCUT2D eigenvalue weighted by Gasteiger charge is 2.64. The van der Waals surface area contributed by atoms with Crippen molar-refractivity contribution in [3.05, 3.63) is 82.0 Å². The van der Waals surface area contributed by atoms with E-state index in [9.17, 15) is 14.4 Å². The Kier molecular flexibility index (Phi) is 6.90. The number of ether oxygens (including phenoxy) is 1. The quantitative estimate of drug-likeness (QED) is 0.248. The van der Waals surface area contributed by atoms with Gasteiger partial charge in [-0.2, -0.15) is 0 Å². The number of amides is 3. The fraction of sp³-hybridized carbons (Fsp3) is 0.286. The molecule has 2 aromatic carbocycles. The summed E-state index contributed by atoms with van der Waals surface area (Å²) in [5.41, 5.74) is 5.86. The zero-order valence-electron chi connectivity index (χ0n) is 20.9. The molecule has 0 unspecified atom stereocenters. The minimum absolute atomic E-state index is 0.00289. The Hall–Kier alpha value is -4.18. The van der Waals surface area contributed by atoms with Crippen LogP contribution in [0.2, 0.25) is 0 Å². The molecular weight excluding hydrogens is 502 g/mol. The van der Waals surface area contributed by atoms with Crippen molar-refractivity contribution in [2.24, 2.45) is 11.1 Å². The maximum atomic E-state index is 13.2. The zero-order chi connectivity index (χ0) is 26.9. The lowest BCUT2D eigenvalue weighted by Crippen LogP contribution is -2.50. The second-order valence-electron chi connectivity index (χ2n) is 9.91. The van der Waals surface area contributed by atoms with Crippen LogP contribution in [0.4, 0.5) is 0 Å². The van der Waals surface area contributed by atoms with Crippen molar-refractivity contribution in [2.45, 2.75) is 38.4 Å². The smallest absolute Gasteiger partial charge is 0.251 e. The lowest BCUT2D eigenvalue weighted by molar-refractivity contribution is -0.139. The van der Waals surface area contributed by atoms with E-state index in [-0.39, 0.29) is 41.6 Å². The van der Waals surface area contributed by atoms with Crippen molar-refractivity contribution in [2.75, 3.05) is 6.54 Å². The number of nitrogen functional groups attached to an aromatic ring is 1. The molecule has 9 nitrogen and oxygen atoms in total. The van der Waals surface area contributed by atoms with Crippen molar-refractivity contribution in [3.63, 3.8) is 0 Å². The van der Waals surface area contributed by atoms with E-state index in [0.29, 0.717) is 34.9 Å². The van der Waals surface area contributed by atoms with E-state index < -0.39 is 6.04 Å². The number of nitrogens with one attached hydrogen (secondary N) is 3. The second kappa shape index (κ2) is 10.3. The summed E-state index contributed by atoms with van der Waals surface area (Å²) in [5, 5.41) is 13.1. The first-order chi connectivity index (χ1) is 18.2. The number of piperidine rings is 1. The SMILES string of the molecule is C[C@@]12C[C@@H]1N(C(=O)CNC(=O)c1ccc(Oc3ccccc3)cc1)[C@H](C(=O)NCc1ccc(C(=N)N)s1)C2. The lowest BCUT2D eigenvalue weighted by Gasteiger charge is -2.27. The van der Waals surface area contributed by atoms with Crippen LogP contribution in [0.15, 0.2) is 66.7 Å². The van der Waals surface area contributed by atoms with Crippen LogP contribution >= 0.6 is 11.3 Å². The molecule has 3 amide bonds. The third-order valence-electron chi connectivity index (χ3n) is 7.09. The highest BCUT2D eigenvalue weighted by atomic mass is 32.1. The van der Waals surface area contributed by atoms with Crippen molar-refractivity contribution < 1.29 is 19.1 Å². The number of hydrogen-bond donors (Lipinski definition) is 4. The van der Waals surface area contributed by atoms with Gasteiger partial charge in [0, 0.05) is 16.5 Å². The van der Waals surface area contributed by atoms with E-state index in [1.807, 2.05) is 36.4 Å².